The van der Waals surface area contributed by atoms with E-state index in [4.69, 9.17) is 5.21 Å². The number of amides is 2. The molecule has 2 aromatic rings. The zero-order valence-electron chi connectivity index (χ0n) is 10.7. The third kappa shape index (κ3) is 2.57. The van der Waals surface area contributed by atoms with E-state index in [-0.39, 0.29) is 0 Å². The van der Waals surface area contributed by atoms with Crippen LogP contribution in [0.2, 0.25) is 0 Å². The summed E-state index contributed by atoms with van der Waals surface area (Å²) in [7, 11) is 1.33. The second kappa shape index (κ2) is 4.83. The van der Waals surface area contributed by atoms with E-state index in [1.54, 1.807) is 0 Å². The number of nitrogens with one attached hydrogen (secondary N) is 1. The SMILES string of the molecule is CN(O)C(=O)NC[C@@H]1C[C@H]1c1cc2ccccc2s1. The van der Waals surface area contributed by atoms with Gasteiger partial charge in [0, 0.05) is 23.2 Å². The molecule has 0 bridgehead atoms. The van der Waals surface area contributed by atoms with Gasteiger partial charge in [0.05, 0.1) is 0 Å². The number of fused-ring (bicyclic) bond motifs is 1. The molecule has 100 valence electrons. The summed E-state index contributed by atoms with van der Waals surface area (Å²) in [5, 5.41) is 13.6. The van der Waals surface area contributed by atoms with E-state index < -0.39 is 6.03 Å². The number of hydrogen-bond donors (Lipinski definition) is 2. The molecule has 2 amide bonds. The van der Waals surface area contributed by atoms with Gasteiger partial charge in [0.2, 0.25) is 0 Å². The van der Waals surface area contributed by atoms with Crippen molar-refractivity contribution in [2.45, 2.75) is 12.3 Å². The lowest BCUT2D eigenvalue weighted by Gasteiger charge is -2.09. The molecule has 2 N–H and O–H groups in total. The van der Waals surface area contributed by atoms with E-state index in [1.807, 2.05) is 11.3 Å². The maximum atomic E-state index is 11.2. The molecule has 3 rings (SSSR count). The lowest BCUT2D eigenvalue weighted by Crippen LogP contribution is -2.36. The third-order valence-electron chi connectivity index (χ3n) is 3.54. The van der Waals surface area contributed by atoms with Crippen molar-refractivity contribution < 1.29 is 10.0 Å². The topological polar surface area (TPSA) is 52.6 Å². The Labute approximate surface area is 115 Å². The summed E-state index contributed by atoms with van der Waals surface area (Å²) in [6.45, 7) is 0.628. The smallest absolute Gasteiger partial charge is 0.336 e. The van der Waals surface area contributed by atoms with Gasteiger partial charge in [0.15, 0.2) is 0 Å². The van der Waals surface area contributed by atoms with Crippen LogP contribution in [-0.2, 0) is 0 Å². The molecule has 1 aliphatic carbocycles. The van der Waals surface area contributed by atoms with Crippen LogP contribution in [0.25, 0.3) is 10.1 Å². The molecule has 2 atom stereocenters. The van der Waals surface area contributed by atoms with Gasteiger partial charge in [0.25, 0.3) is 0 Å². The Kier molecular flexibility index (Phi) is 3.16. The highest BCUT2D eigenvalue weighted by Crippen LogP contribution is 2.50. The van der Waals surface area contributed by atoms with Gasteiger partial charge in [-0.25, -0.2) is 9.86 Å². The molecule has 0 saturated heterocycles. The summed E-state index contributed by atoms with van der Waals surface area (Å²) in [6, 6.07) is 10.2. The maximum Gasteiger partial charge on any atom is 0.340 e. The lowest BCUT2D eigenvalue weighted by atomic mass is 10.2. The molecule has 1 saturated carbocycles. The van der Waals surface area contributed by atoms with Gasteiger partial charge in [-0.05, 0) is 35.8 Å². The third-order valence-corrected chi connectivity index (χ3v) is 4.79. The first-order valence-electron chi connectivity index (χ1n) is 6.34. The fourth-order valence-corrected chi connectivity index (χ4v) is 3.61. The lowest BCUT2D eigenvalue weighted by molar-refractivity contribution is -0.0183. The summed E-state index contributed by atoms with van der Waals surface area (Å²) in [5.74, 6) is 1.05. The fraction of sp³-hybridized carbons (Fsp3) is 0.357. The fourth-order valence-electron chi connectivity index (χ4n) is 2.34. The number of hydrogen-bond acceptors (Lipinski definition) is 3. The molecule has 4 nitrogen and oxygen atoms in total. The number of thiophene rings is 1. The molecule has 0 radical (unpaired) electrons. The first-order valence-corrected chi connectivity index (χ1v) is 7.15. The Morgan fingerprint density at radius 2 is 2.32 bits per heavy atom. The van der Waals surface area contributed by atoms with E-state index in [9.17, 15) is 4.79 Å². The summed E-state index contributed by atoms with van der Waals surface area (Å²) in [5.41, 5.74) is 0. The van der Waals surface area contributed by atoms with Gasteiger partial charge in [-0.1, -0.05) is 18.2 Å². The van der Waals surface area contributed by atoms with Crippen molar-refractivity contribution in [2.24, 2.45) is 5.92 Å². The molecule has 1 aliphatic rings. The normalized spacial score (nSPS) is 21.4. The van der Waals surface area contributed by atoms with Crippen LogP contribution in [0.3, 0.4) is 0 Å². The van der Waals surface area contributed by atoms with Gasteiger partial charge in [-0.3, -0.25) is 5.21 Å². The minimum absolute atomic E-state index is 0.443. The van der Waals surface area contributed by atoms with Crippen LogP contribution in [0.4, 0.5) is 4.79 Å². The van der Waals surface area contributed by atoms with Crippen molar-refractivity contribution in [1.29, 1.82) is 0 Å². The van der Waals surface area contributed by atoms with Crippen LogP contribution >= 0.6 is 11.3 Å². The van der Waals surface area contributed by atoms with Gasteiger partial charge in [-0.2, -0.15) is 0 Å². The van der Waals surface area contributed by atoms with Crippen LogP contribution in [0.5, 0.6) is 0 Å². The molecular weight excluding hydrogens is 260 g/mol. The molecule has 5 heteroatoms. The van der Waals surface area contributed by atoms with Crippen molar-refractivity contribution in [2.75, 3.05) is 13.6 Å². The predicted molar refractivity (Wildman–Crippen MR) is 75.6 cm³/mol. The van der Waals surface area contributed by atoms with E-state index in [1.165, 1.54) is 22.0 Å². The first kappa shape index (κ1) is 12.4. The van der Waals surface area contributed by atoms with E-state index in [0.29, 0.717) is 23.4 Å². The number of hydroxylamine groups is 2. The second-order valence-corrected chi connectivity index (χ2v) is 6.11. The van der Waals surface area contributed by atoms with Crippen molar-refractivity contribution in [1.82, 2.24) is 10.4 Å². The van der Waals surface area contributed by atoms with Crippen LogP contribution in [0, 0.1) is 5.92 Å². The van der Waals surface area contributed by atoms with Gasteiger partial charge in [-0.15, -0.1) is 11.3 Å². The van der Waals surface area contributed by atoms with Crippen LogP contribution < -0.4 is 5.32 Å². The Morgan fingerprint density at radius 1 is 1.53 bits per heavy atom. The number of nitrogens with zero attached hydrogens (tertiary/aromatic N) is 1. The molecule has 0 aliphatic heterocycles. The number of carbonyl (C=O) groups is 1. The highest BCUT2D eigenvalue weighted by molar-refractivity contribution is 7.19. The average Bonchev–Trinajstić information content (AvgIpc) is 3.05. The average molecular weight is 276 g/mol. The molecular formula is C14H16N2O2S. The number of urea groups is 1. The van der Waals surface area contributed by atoms with Crippen LogP contribution in [-0.4, -0.2) is 29.9 Å². The molecule has 19 heavy (non-hydrogen) atoms. The molecule has 1 aromatic carbocycles. The summed E-state index contributed by atoms with van der Waals surface area (Å²) in [4.78, 5) is 12.6. The Balaban J connectivity index is 1.61. The van der Waals surface area contributed by atoms with Crippen molar-refractivity contribution in [3.63, 3.8) is 0 Å². The van der Waals surface area contributed by atoms with Crippen LogP contribution in [0.1, 0.15) is 17.2 Å². The second-order valence-electron chi connectivity index (χ2n) is 5.00. The largest absolute Gasteiger partial charge is 0.340 e. The minimum Gasteiger partial charge on any atom is -0.336 e. The number of rotatable bonds is 3. The molecule has 0 unspecified atom stereocenters. The highest BCUT2D eigenvalue weighted by Gasteiger charge is 2.39. The van der Waals surface area contributed by atoms with Crippen molar-refractivity contribution in [3.8, 4) is 0 Å². The highest BCUT2D eigenvalue weighted by atomic mass is 32.1. The Morgan fingerprint density at radius 3 is 3.05 bits per heavy atom. The van der Waals surface area contributed by atoms with Gasteiger partial charge < -0.3 is 5.32 Å². The van der Waals surface area contributed by atoms with E-state index >= 15 is 0 Å². The van der Waals surface area contributed by atoms with Gasteiger partial charge >= 0.3 is 6.03 Å². The first-order chi connectivity index (χ1) is 9.15. The van der Waals surface area contributed by atoms with E-state index in [2.05, 4.69) is 35.6 Å². The monoisotopic (exact) mass is 276 g/mol. The summed E-state index contributed by atoms with van der Waals surface area (Å²) >= 11 is 1.84. The van der Waals surface area contributed by atoms with Crippen molar-refractivity contribution in [3.05, 3.63) is 35.2 Å². The zero-order valence-corrected chi connectivity index (χ0v) is 11.5. The molecule has 1 aromatic heterocycles. The molecule has 0 spiro atoms. The molecule has 1 heterocycles. The quantitative estimate of drug-likeness (QED) is 0.669. The van der Waals surface area contributed by atoms with Gasteiger partial charge in [0.1, 0.15) is 0 Å². The standard InChI is InChI=1S/C14H16N2O2S/c1-16(18)14(17)15-8-10-6-11(10)13-7-9-4-2-3-5-12(9)19-13/h2-5,7,10-11,18H,6,8H2,1H3,(H,15,17)/t10-,11+/m0/s1. The number of carbonyl (C=O) groups excluding carboxylic acids is 1. The minimum atomic E-state index is -0.443. The maximum absolute atomic E-state index is 11.2. The summed E-state index contributed by atoms with van der Waals surface area (Å²) < 4.78 is 1.32. The zero-order chi connectivity index (χ0) is 13.4. The predicted octanol–water partition coefficient (Wildman–Crippen LogP) is 3.04. The Bertz CT molecular complexity index is 575. The van der Waals surface area contributed by atoms with Crippen molar-refractivity contribution >= 4 is 27.5 Å². The van der Waals surface area contributed by atoms with E-state index in [0.717, 1.165) is 6.42 Å². The van der Waals surface area contributed by atoms with Crippen LogP contribution in [0.15, 0.2) is 30.3 Å². The molecule has 1 fully saturated rings. The number of benzene rings is 1. The summed E-state index contributed by atoms with van der Waals surface area (Å²) in [6.07, 6.45) is 1.11. The Hall–Kier alpha value is -1.59.